The highest BCUT2D eigenvalue weighted by Gasteiger charge is 2.31. The summed E-state index contributed by atoms with van der Waals surface area (Å²) in [6.45, 7) is 7.93. The summed E-state index contributed by atoms with van der Waals surface area (Å²) in [4.78, 5) is 14.8. The second-order valence-corrected chi connectivity index (χ2v) is 6.03. The third kappa shape index (κ3) is 3.57. The number of fused-ring (bicyclic) bond motifs is 1. The summed E-state index contributed by atoms with van der Waals surface area (Å²) in [5, 5.41) is 8.47. The van der Waals surface area contributed by atoms with E-state index in [0.717, 1.165) is 24.1 Å². The number of hydrogen-bond acceptors (Lipinski definition) is 6. The lowest BCUT2D eigenvalue weighted by molar-refractivity contribution is -0.150. The van der Waals surface area contributed by atoms with Gasteiger partial charge in [-0.1, -0.05) is 17.3 Å². The zero-order chi connectivity index (χ0) is 16.9. The molecule has 2 unspecified atom stereocenters. The minimum Gasteiger partial charge on any atom is -0.466 e. The molecule has 24 heavy (non-hydrogen) atoms. The van der Waals surface area contributed by atoms with Gasteiger partial charge in [-0.2, -0.15) is 0 Å². The van der Waals surface area contributed by atoms with Crippen molar-refractivity contribution in [2.24, 2.45) is 5.92 Å². The summed E-state index contributed by atoms with van der Waals surface area (Å²) in [5.41, 5.74) is 1.76. The quantitative estimate of drug-likeness (QED) is 0.747. The highest BCUT2D eigenvalue weighted by molar-refractivity contribution is 5.76. The largest absolute Gasteiger partial charge is 0.466 e. The average molecular weight is 332 g/mol. The fourth-order valence-electron chi connectivity index (χ4n) is 3.09. The Morgan fingerprint density at radius 2 is 2.08 bits per heavy atom. The highest BCUT2D eigenvalue weighted by Crippen LogP contribution is 2.24. The van der Waals surface area contributed by atoms with Crippen molar-refractivity contribution in [2.75, 3.05) is 39.5 Å². The van der Waals surface area contributed by atoms with E-state index in [1.807, 2.05) is 42.8 Å². The van der Waals surface area contributed by atoms with Crippen LogP contribution in [0.5, 0.6) is 0 Å². The third-order valence-corrected chi connectivity index (χ3v) is 4.49. The molecule has 0 spiro atoms. The molecule has 1 aliphatic heterocycles. The molecule has 0 aliphatic carbocycles. The van der Waals surface area contributed by atoms with E-state index in [9.17, 15) is 4.79 Å². The molecule has 3 rings (SSSR count). The van der Waals surface area contributed by atoms with Gasteiger partial charge in [0.25, 0.3) is 0 Å². The van der Waals surface area contributed by atoms with Gasteiger partial charge in [-0.3, -0.25) is 9.69 Å². The van der Waals surface area contributed by atoms with Crippen LogP contribution in [0.3, 0.4) is 0 Å². The minimum absolute atomic E-state index is 0.140. The number of para-hydroxylation sites is 1. The summed E-state index contributed by atoms with van der Waals surface area (Å²) >= 11 is 0. The third-order valence-electron chi connectivity index (χ3n) is 4.49. The summed E-state index contributed by atoms with van der Waals surface area (Å²) in [5.74, 6) is -0.482. The van der Waals surface area contributed by atoms with Crippen molar-refractivity contribution in [1.29, 1.82) is 0 Å². The van der Waals surface area contributed by atoms with Crippen LogP contribution in [0, 0.1) is 5.92 Å². The molecule has 2 heterocycles. The van der Waals surface area contributed by atoms with Crippen molar-refractivity contribution in [3.05, 3.63) is 24.3 Å². The van der Waals surface area contributed by atoms with Crippen molar-refractivity contribution in [3.63, 3.8) is 0 Å². The molecule has 1 aromatic carbocycles. The van der Waals surface area contributed by atoms with E-state index in [-0.39, 0.29) is 17.9 Å². The molecule has 2 atom stereocenters. The zero-order valence-electron chi connectivity index (χ0n) is 14.2. The molecular formula is C17H24N4O3. The lowest BCUT2D eigenvalue weighted by atomic mass is 10.00. The zero-order valence-corrected chi connectivity index (χ0v) is 14.2. The van der Waals surface area contributed by atoms with E-state index in [1.165, 1.54) is 0 Å². The lowest BCUT2D eigenvalue weighted by Gasteiger charge is -2.32. The maximum absolute atomic E-state index is 12.5. The highest BCUT2D eigenvalue weighted by atomic mass is 16.5. The maximum Gasteiger partial charge on any atom is 0.312 e. The first-order valence-electron chi connectivity index (χ1n) is 8.47. The fourth-order valence-corrected chi connectivity index (χ4v) is 3.09. The van der Waals surface area contributed by atoms with Crippen molar-refractivity contribution in [2.45, 2.75) is 19.9 Å². The standard InChI is InChI=1S/C17H24N4O3/c1-3-24-17(22)14(12-20-8-10-23-11-9-20)13(2)21-16-7-5-4-6-15(16)18-19-21/h4-7,13-14H,3,8-12H2,1-2H3. The molecule has 1 fully saturated rings. The number of morpholine rings is 1. The molecule has 1 aromatic heterocycles. The Morgan fingerprint density at radius 3 is 2.83 bits per heavy atom. The molecule has 2 aromatic rings. The van der Waals surface area contributed by atoms with Gasteiger partial charge in [0.05, 0.1) is 37.3 Å². The molecule has 7 heteroatoms. The van der Waals surface area contributed by atoms with Crippen LogP contribution in [0.15, 0.2) is 24.3 Å². The van der Waals surface area contributed by atoms with Crippen molar-refractivity contribution < 1.29 is 14.3 Å². The predicted octanol–water partition coefficient (Wildman–Crippen LogP) is 1.50. The Bertz CT molecular complexity index is 681. The van der Waals surface area contributed by atoms with E-state index in [2.05, 4.69) is 15.2 Å². The number of nitrogens with zero attached hydrogens (tertiary/aromatic N) is 4. The first kappa shape index (κ1) is 16.9. The van der Waals surface area contributed by atoms with E-state index in [0.29, 0.717) is 26.4 Å². The molecule has 7 nitrogen and oxygen atoms in total. The van der Waals surface area contributed by atoms with E-state index in [1.54, 1.807) is 0 Å². The van der Waals surface area contributed by atoms with Crippen molar-refractivity contribution >= 4 is 17.0 Å². The summed E-state index contributed by atoms with van der Waals surface area (Å²) in [6, 6.07) is 7.65. The van der Waals surface area contributed by atoms with Crippen molar-refractivity contribution in [3.8, 4) is 0 Å². The second kappa shape index (κ2) is 7.72. The van der Waals surface area contributed by atoms with Crippen LogP contribution in [0.4, 0.5) is 0 Å². The molecule has 130 valence electrons. The predicted molar refractivity (Wildman–Crippen MR) is 89.6 cm³/mol. The van der Waals surface area contributed by atoms with Crippen LogP contribution in [0.2, 0.25) is 0 Å². The van der Waals surface area contributed by atoms with Gasteiger partial charge in [-0.25, -0.2) is 4.68 Å². The van der Waals surface area contributed by atoms with Crippen molar-refractivity contribution in [1.82, 2.24) is 19.9 Å². The number of esters is 1. The Kier molecular flexibility index (Phi) is 5.42. The number of carbonyl (C=O) groups excluding carboxylic acids is 1. The summed E-state index contributed by atoms with van der Waals surface area (Å²) in [7, 11) is 0. The molecule has 1 saturated heterocycles. The molecule has 0 amide bonds. The molecular weight excluding hydrogens is 308 g/mol. The van der Waals surface area contributed by atoms with Crippen LogP contribution in [-0.4, -0.2) is 65.3 Å². The smallest absolute Gasteiger partial charge is 0.312 e. The number of ether oxygens (including phenoxy) is 2. The van der Waals surface area contributed by atoms with Crippen LogP contribution in [-0.2, 0) is 14.3 Å². The Balaban J connectivity index is 1.84. The van der Waals surface area contributed by atoms with Gasteiger partial charge >= 0.3 is 5.97 Å². The number of benzene rings is 1. The first-order valence-corrected chi connectivity index (χ1v) is 8.47. The van der Waals surface area contributed by atoms with Crippen LogP contribution >= 0.6 is 0 Å². The van der Waals surface area contributed by atoms with Crippen LogP contribution in [0.25, 0.3) is 11.0 Å². The normalized spacial score (nSPS) is 18.4. The molecule has 1 aliphatic rings. The number of aromatic nitrogens is 3. The van der Waals surface area contributed by atoms with E-state index in [4.69, 9.17) is 9.47 Å². The van der Waals surface area contributed by atoms with Gasteiger partial charge in [0.1, 0.15) is 5.52 Å². The van der Waals surface area contributed by atoms with Gasteiger partial charge in [0.15, 0.2) is 0 Å². The number of rotatable bonds is 6. The first-order chi connectivity index (χ1) is 11.7. The Hall–Kier alpha value is -1.99. The molecule has 0 bridgehead atoms. The SMILES string of the molecule is CCOC(=O)C(CN1CCOCC1)C(C)n1nnc2ccccc21. The van der Waals surface area contributed by atoms with E-state index >= 15 is 0 Å². The van der Waals surface area contributed by atoms with Gasteiger partial charge in [-0.15, -0.1) is 5.10 Å². The van der Waals surface area contributed by atoms with Crippen LogP contribution in [0.1, 0.15) is 19.9 Å². The molecule has 0 N–H and O–H groups in total. The Labute approximate surface area is 141 Å². The summed E-state index contributed by atoms with van der Waals surface area (Å²) in [6.07, 6.45) is 0. The lowest BCUT2D eigenvalue weighted by Crippen LogP contribution is -2.43. The molecule has 0 saturated carbocycles. The average Bonchev–Trinajstić information content (AvgIpc) is 3.04. The maximum atomic E-state index is 12.5. The second-order valence-electron chi connectivity index (χ2n) is 6.03. The van der Waals surface area contributed by atoms with Crippen LogP contribution < -0.4 is 0 Å². The minimum atomic E-state index is -0.298. The fraction of sp³-hybridized carbons (Fsp3) is 0.588. The van der Waals surface area contributed by atoms with Gasteiger partial charge in [-0.05, 0) is 26.0 Å². The Morgan fingerprint density at radius 1 is 1.33 bits per heavy atom. The van der Waals surface area contributed by atoms with Gasteiger partial charge in [0, 0.05) is 19.6 Å². The molecule has 0 radical (unpaired) electrons. The van der Waals surface area contributed by atoms with Gasteiger partial charge in [0.2, 0.25) is 0 Å². The van der Waals surface area contributed by atoms with E-state index < -0.39 is 0 Å². The topological polar surface area (TPSA) is 69.5 Å². The number of hydrogen-bond donors (Lipinski definition) is 0. The van der Waals surface area contributed by atoms with Gasteiger partial charge < -0.3 is 9.47 Å². The number of carbonyl (C=O) groups is 1. The summed E-state index contributed by atoms with van der Waals surface area (Å²) < 4.78 is 12.5. The monoisotopic (exact) mass is 332 g/mol.